The van der Waals surface area contributed by atoms with Crippen molar-refractivity contribution in [2.75, 3.05) is 19.3 Å². The summed E-state index contributed by atoms with van der Waals surface area (Å²) in [5.74, 6) is -1.84. The molecular weight excluding hydrogens is 250 g/mol. The number of rotatable bonds is 8. The molecule has 0 aromatic rings. The predicted molar refractivity (Wildman–Crippen MR) is 60.7 cm³/mol. The van der Waals surface area contributed by atoms with E-state index in [1.807, 2.05) is 0 Å². The van der Waals surface area contributed by atoms with Gasteiger partial charge in [0.1, 0.15) is 0 Å². The summed E-state index contributed by atoms with van der Waals surface area (Å²) in [5, 5.41) is 10.7. The third-order valence-corrected chi connectivity index (χ3v) is 3.35. The highest BCUT2D eigenvalue weighted by Gasteiger charge is 2.15. The summed E-state index contributed by atoms with van der Waals surface area (Å²) < 4.78 is 24.1. The third-order valence-electron chi connectivity index (χ3n) is 1.99. The van der Waals surface area contributed by atoms with Crippen LogP contribution in [0.15, 0.2) is 0 Å². The molecule has 0 aliphatic rings. The molecule has 0 aromatic heterocycles. The van der Waals surface area contributed by atoms with E-state index in [4.69, 9.17) is 10.8 Å². The molecule has 17 heavy (non-hydrogen) atoms. The van der Waals surface area contributed by atoms with Gasteiger partial charge >= 0.3 is 5.97 Å². The summed E-state index contributed by atoms with van der Waals surface area (Å²) in [5.41, 5.74) is 5.41. The molecule has 0 rings (SSSR count). The summed E-state index contributed by atoms with van der Waals surface area (Å²) in [6.45, 7) is -0.0667. The molecule has 9 heteroatoms. The van der Waals surface area contributed by atoms with Crippen LogP contribution < -0.4 is 15.8 Å². The molecule has 0 fully saturated rings. The summed E-state index contributed by atoms with van der Waals surface area (Å²) in [4.78, 5) is 21.5. The van der Waals surface area contributed by atoms with Gasteiger partial charge in [0.2, 0.25) is 15.9 Å². The van der Waals surface area contributed by atoms with Crippen LogP contribution in [0.4, 0.5) is 0 Å². The Morgan fingerprint density at radius 3 is 2.47 bits per heavy atom. The molecule has 0 bridgehead atoms. The van der Waals surface area contributed by atoms with E-state index in [2.05, 4.69) is 10.0 Å². The first kappa shape index (κ1) is 15.8. The molecule has 0 radical (unpaired) electrons. The van der Waals surface area contributed by atoms with Crippen LogP contribution in [0, 0.1) is 0 Å². The average Bonchev–Trinajstić information content (AvgIpc) is 2.25. The van der Waals surface area contributed by atoms with Crippen LogP contribution in [-0.2, 0) is 19.6 Å². The van der Waals surface area contributed by atoms with Gasteiger partial charge in [0, 0.05) is 13.0 Å². The molecule has 5 N–H and O–H groups in total. The van der Waals surface area contributed by atoms with Crippen LogP contribution in [0.25, 0.3) is 0 Å². The molecular formula is C8H17N3O5S. The van der Waals surface area contributed by atoms with Gasteiger partial charge in [0.05, 0.1) is 11.8 Å². The van der Waals surface area contributed by atoms with Crippen molar-refractivity contribution in [2.45, 2.75) is 18.9 Å². The minimum absolute atomic E-state index is 0.0138. The van der Waals surface area contributed by atoms with E-state index in [1.54, 1.807) is 0 Å². The molecule has 0 spiro atoms. The fraction of sp³-hybridized carbons (Fsp3) is 0.750. The zero-order chi connectivity index (χ0) is 13.5. The number of hydrogen-bond donors (Lipinski definition) is 4. The Morgan fingerprint density at radius 1 is 1.41 bits per heavy atom. The number of carboxylic acid groups (broad SMARTS) is 1. The van der Waals surface area contributed by atoms with Gasteiger partial charge in [-0.15, -0.1) is 0 Å². The van der Waals surface area contributed by atoms with Crippen LogP contribution >= 0.6 is 0 Å². The number of carbonyl (C=O) groups excluding carboxylic acids is 1. The lowest BCUT2D eigenvalue weighted by atomic mass is 10.1. The SMILES string of the molecule is CNS(=O)(=O)CCNC(=O)C(N)CCC(=O)O. The lowest BCUT2D eigenvalue weighted by Gasteiger charge is -2.10. The number of hydrogen-bond acceptors (Lipinski definition) is 5. The van der Waals surface area contributed by atoms with Crippen molar-refractivity contribution < 1.29 is 23.1 Å². The molecule has 0 saturated heterocycles. The first-order valence-electron chi connectivity index (χ1n) is 4.95. The molecule has 100 valence electrons. The van der Waals surface area contributed by atoms with Crippen LogP contribution in [0.2, 0.25) is 0 Å². The van der Waals surface area contributed by atoms with Gasteiger partial charge in [0.25, 0.3) is 0 Å². The highest BCUT2D eigenvalue weighted by Crippen LogP contribution is 1.94. The molecule has 0 aromatic carbocycles. The van der Waals surface area contributed by atoms with Gasteiger partial charge in [-0.3, -0.25) is 9.59 Å². The number of sulfonamides is 1. The van der Waals surface area contributed by atoms with Crippen molar-refractivity contribution in [1.82, 2.24) is 10.0 Å². The number of carboxylic acids is 1. The molecule has 1 unspecified atom stereocenters. The second-order valence-electron chi connectivity index (χ2n) is 3.35. The monoisotopic (exact) mass is 267 g/mol. The molecule has 0 aliphatic heterocycles. The Balaban J connectivity index is 3.90. The number of carbonyl (C=O) groups is 2. The van der Waals surface area contributed by atoms with Gasteiger partial charge in [-0.1, -0.05) is 0 Å². The molecule has 1 amide bonds. The maximum absolute atomic E-state index is 11.3. The summed E-state index contributed by atoms with van der Waals surface area (Å²) >= 11 is 0. The highest BCUT2D eigenvalue weighted by molar-refractivity contribution is 7.89. The standard InChI is InChI=1S/C8H17N3O5S/c1-10-17(15,16)5-4-11-8(14)6(9)2-3-7(12)13/h6,10H,2-5,9H2,1H3,(H,11,14)(H,12,13). The number of nitrogens with one attached hydrogen (secondary N) is 2. The van der Waals surface area contributed by atoms with E-state index in [0.29, 0.717) is 0 Å². The van der Waals surface area contributed by atoms with Crippen molar-refractivity contribution in [2.24, 2.45) is 5.73 Å². The maximum Gasteiger partial charge on any atom is 0.303 e. The lowest BCUT2D eigenvalue weighted by Crippen LogP contribution is -2.43. The second-order valence-corrected chi connectivity index (χ2v) is 5.40. The Hall–Kier alpha value is -1.19. The largest absolute Gasteiger partial charge is 0.481 e. The Kier molecular flexibility index (Phi) is 6.69. The van der Waals surface area contributed by atoms with Crippen LogP contribution in [-0.4, -0.2) is 50.8 Å². The first-order valence-corrected chi connectivity index (χ1v) is 6.60. The van der Waals surface area contributed by atoms with Gasteiger partial charge in [-0.25, -0.2) is 13.1 Å². The zero-order valence-corrected chi connectivity index (χ0v) is 10.3. The smallest absolute Gasteiger partial charge is 0.303 e. The van der Waals surface area contributed by atoms with Gasteiger partial charge in [-0.05, 0) is 13.5 Å². The van der Waals surface area contributed by atoms with Crippen molar-refractivity contribution >= 4 is 21.9 Å². The fourth-order valence-corrected chi connectivity index (χ4v) is 1.53. The highest BCUT2D eigenvalue weighted by atomic mass is 32.2. The fourth-order valence-electron chi connectivity index (χ4n) is 0.952. The van der Waals surface area contributed by atoms with E-state index in [9.17, 15) is 18.0 Å². The minimum Gasteiger partial charge on any atom is -0.481 e. The van der Waals surface area contributed by atoms with Crippen molar-refractivity contribution in [3.8, 4) is 0 Å². The Labute approximate surface area is 99.6 Å². The van der Waals surface area contributed by atoms with Gasteiger partial charge < -0.3 is 16.2 Å². The van der Waals surface area contributed by atoms with E-state index in [0.717, 1.165) is 0 Å². The maximum atomic E-state index is 11.3. The molecule has 8 nitrogen and oxygen atoms in total. The third kappa shape index (κ3) is 7.66. The molecule has 1 atom stereocenters. The van der Waals surface area contributed by atoms with Crippen LogP contribution in [0.5, 0.6) is 0 Å². The topological polar surface area (TPSA) is 139 Å². The second kappa shape index (κ2) is 7.20. The zero-order valence-electron chi connectivity index (χ0n) is 9.47. The predicted octanol–water partition coefficient (Wildman–Crippen LogP) is -2.16. The Morgan fingerprint density at radius 2 is 2.00 bits per heavy atom. The van der Waals surface area contributed by atoms with Crippen molar-refractivity contribution in [3.63, 3.8) is 0 Å². The van der Waals surface area contributed by atoms with Gasteiger partial charge in [-0.2, -0.15) is 0 Å². The van der Waals surface area contributed by atoms with E-state index in [1.165, 1.54) is 7.05 Å². The quantitative estimate of drug-likeness (QED) is 0.395. The van der Waals surface area contributed by atoms with Gasteiger partial charge in [0.15, 0.2) is 0 Å². The Bertz CT molecular complexity index is 367. The summed E-state index contributed by atoms with van der Waals surface area (Å²) in [6, 6.07) is -0.941. The molecule has 0 heterocycles. The molecule has 0 aliphatic carbocycles. The molecule has 0 saturated carbocycles. The average molecular weight is 267 g/mol. The number of amides is 1. The van der Waals surface area contributed by atoms with E-state index < -0.39 is 27.9 Å². The van der Waals surface area contributed by atoms with Crippen LogP contribution in [0.1, 0.15) is 12.8 Å². The lowest BCUT2D eigenvalue weighted by molar-refractivity contribution is -0.137. The van der Waals surface area contributed by atoms with E-state index >= 15 is 0 Å². The number of aliphatic carboxylic acids is 1. The first-order chi connectivity index (χ1) is 7.78. The van der Waals surface area contributed by atoms with E-state index in [-0.39, 0.29) is 25.1 Å². The number of nitrogens with two attached hydrogens (primary N) is 1. The van der Waals surface area contributed by atoms with Crippen molar-refractivity contribution in [3.05, 3.63) is 0 Å². The minimum atomic E-state index is -3.37. The summed E-state index contributed by atoms with van der Waals surface area (Å²) in [7, 11) is -2.09. The van der Waals surface area contributed by atoms with Crippen LogP contribution in [0.3, 0.4) is 0 Å². The summed E-state index contributed by atoms with van der Waals surface area (Å²) in [6.07, 6.45) is -0.191. The van der Waals surface area contributed by atoms with Crippen molar-refractivity contribution in [1.29, 1.82) is 0 Å². The normalized spacial score (nSPS) is 13.1.